The lowest BCUT2D eigenvalue weighted by atomic mass is 10.1. The molecule has 54 heavy (non-hydrogen) atoms. The summed E-state index contributed by atoms with van der Waals surface area (Å²) < 4.78 is 22.5. The highest BCUT2D eigenvalue weighted by Crippen LogP contribution is 2.16. The van der Waals surface area contributed by atoms with Gasteiger partial charge in [0.2, 0.25) is 0 Å². The van der Waals surface area contributed by atoms with E-state index in [1.807, 2.05) is 83.1 Å². The summed E-state index contributed by atoms with van der Waals surface area (Å²) >= 11 is 0. The zero-order chi connectivity index (χ0) is 41.6. The average molecular weight is 763 g/mol. The Labute approximate surface area is 327 Å². The van der Waals surface area contributed by atoms with Crippen molar-refractivity contribution >= 4 is 24.4 Å². The maximum atomic E-state index is 13.1. The third kappa shape index (κ3) is 26.8. The molecule has 0 aromatic rings. The standard InChI is InChI=1S/C42H74N4O8/c1-15-17-27-43(35(47)51-39(3,4)5)31-25-33-45(37(49)53-41(9,10)11)29-23-21-19-20-22-24-30-46(38(50)54-42(12,13)14)34-26-32-44(28-18-16-2)36(48)52-40(6,7)8/h17-18H,1-2,19-34H2,3-14H3. The van der Waals surface area contributed by atoms with Gasteiger partial charge in [-0.3, -0.25) is 0 Å². The van der Waals surface area contributed by atoms with Gasteiger partial charge in [-0.1, -0.05) is 38.8 Å². The topological polar surface area (TPSA) is 118 Å². The highest BCUT2D eigenvalue weighted by Gasteiger charge is 2.26. The first-order chi connectivity index (χ1) is 24.9. The van der Waals surface area contributed by atoms with Gasteiger partial charge in [-0.25, -0.2) is 19.2 Å². The van der Waals surface area contributed by atoms with E-state index < -0.39 is 34.6 Å². The summed E-state index contributed by atoms with van der Waals surface area (Å²) in [6.07, 6.45) is 8.35. The van der Waals surface area contributed by atoms with E-state index in [1.165, 1.54) is 0 Å². The normalized spacial score (nSPS) is 11.7. The van der Waals surface area contributed by atoms with Gasteiger partial charge in [0.25, 0.3) is 0 Å². The van der Waals surface area contributed by atoms with Crippen LogP contribution in [0, 0.1) is 0 Å². The highest BCUT2D eigenvalue weighted by atomic mass is 16.6. The van der Waals surface area contributed by atoms with E-state index >= 15 is 0 Å². The van der Waals surface area contributed by atoms with Crippen molar-refractivity contribution in [1.82, 2.24) is 19.6 Å². The second-order valence-electron chi connectivity index (χ2n) is 17.4. The fourth-order valence-corrected chi connectivity index (χ4v) is 4.98. The molecule has 0 fully saturated rings. The van der Waals surface area contributed by atoms with E-state index in [4.69, 9.17) is 18.9 Å². The molecule has 12 heteroatoms. The molecule has 0 heterocycles. The fourth-order valence-electron chi connectivity index (χ4n) is 4.98. The van der Waals surface area contributed by atoms with E-state index in [-0.39, 0.29) is 12.2 Å². The number of hydrogen-bond donors (Lipinski definition) is 0. The first kappa shape index (κ1) is 50.1. The number of ether oxygens (including phenoxy) is 4. The van der Waals surface area contributed by atoms with Crippen LogP contribution in [0.15, 0.2) is 36.8 Å². The lowest BCUT2D eigenvalue weighted by molar-refractivity contribution is 0.0193. The first-order valence-corrected chi connectivity index (χ1v) is 19.5. The minimum Gasteiger partial charge on any atom is -0.444 e. The van der Waals surface area contributed by atoms with Crippen molar-refractivity contribution in [3.8, 4) is 0 Å². The second kappa shape index (κ2) is 24.5. The van der Waals surface area contributed by atoms with Crippen LogP contribution in [0.4, 0.5) is 19.2 Å². The minimum absolute atomic E-state index is 0.320. The van der Waals surface area contributed by atoms with Crippen molar-refractivity contribution in [2.75, 3.05) is 52.4 Å². The summed E-state index contributed by atoms with van der Waals surface area (Å²) in [6, 6.07) is 0. The molecule has 0 aliphatic rings. The summed E-state index contributed by atoms with van der Waals surface area (Å²) in [5, 5.41) is 0. The van der Waals surface area contributed by atoms with Crippen LogP contribution in [-0.4, -0.2) is 119 Å². The van der Waals surface area contributed by atoms with Crippen molar-refractivity contribution in [1.29, 1.82) is 0 Å². The smallest absolute Gasteiger partial charge is 0.410 e. The number of hydrogen-bond acceptors (Lipinski definition) is 8. The van der Waals surface area contributed by atoms with Crippen molar-refractivity contribution in [3.63, 3.8) is 0 Å². The lowest BCUT2D eigenvalue weighted by Crippen LogP contribution is -2.41. The molecule has 0 aliphatic carbocycles. The Hall–Kier alpha value is -3.88. The molecule has 0 aromatic heterocycles. The third-order valence-electron chi connectivity index (χ3n) is 7.34. The monoisotopic (exact) mass is 763 g/mol. The number of rotatable bonds is 21. The van der Waals surface area contributed by atoms with Gasteiger partial charge in [-0.05, 0) is 121 Å². The predicted octanol–water partition coefficient (Wildman–Crippen LogP) is 9.74. The summed E-state index contributed by atoms with van der Waals surface area (Å²) in [5.74, 6) is 0. The Kier molecular flexibility index (Phi) is 22.7. The van der Waals surface area contributed by atoms with Gasteiger partial charge in [-0.2, -0.15) is 0 Å². The Balaban J connectivity index is 5.14. The molecule has 0 aliphatic heterocycles. The van der Waals surface area contributed by atoms with E-state index in [0.717, 1.165) is 38.5 Å². The predicted molar refractivity (Wildman–Crippen MR) is 216 cm³/mol. The van der Waals surface area contributed by atoms with Crippen LogP contribution < -0.4 is 0 Å². The molecule has 0 atom stereocenters. The first-order valence-electron chi connectivity index (χ1n) is 19.5. The second-order valence-corrected chi connectivity index (χ2v) is 17.4. The van der Waals surface area contributed by atoms with Crippen LogP contribution in [0.2, 0.25) is 0 Å². The molecule has 0 aromatic carbocycles. The number of amides is 4. The summed E-state index contributed by atoms with van der Waals surface area (Å²) in [7, 11) is 0. The zero-order valence-electron chi connectivity index (χ0n) is 35.9. The van der Waals surface area contributed by atoms with E-state index in [1.54, 1.807) is 31.8 Å². The van der Waals surface area contributed by atoms with Gasteiger partial charge in [0.05, 0.1) is 0 Å². The van der Waals surface area contributed by atoms with Crippen LogP contribution in [0.1, 0.15) is 134 Å². The van der Waals surface area contributed by atoms with Crippen LogP contribution >= 0.6 is 0 Å². The van der Waals surface area contributed by atoms with E-state index in [2.05, 4.69) is 24.6 Å². The number of unbranched alkanes of at least 4 members (excludes halogenated alkanes) is 5. The van der Waals surface area contributed by atoms with Crippen molar-refractivity contribution in [2.24, 2.45) is 0 Å². The Morgan fingerprint density at radius 3 is 0.889 bits per heavy atom. The Bertz CT molecular complexity index is 1150. The molecular formula is C42H74N4O8. The van der Waals surface area contributed by atoms with Gasteiger partial charge in [0.15, 0.2) is 0 Å². The quantitative estimate of drug-likeness (QED) is 0.0645. The summed E-state index contributed by atoms with van der Waals surface area (Å²) in [5.41, 5.74) is 2.92. The van der Waals surface area contributed by atoms with Crippen molar-refractivity contribution in [3.05, 3.63) is 36.8 Å². The fraction of sp³-hybridized carbons (Fsp3) is 0.762. The molecule has 12 nitrogen and oxygen atoms in total. The third-order valence-corrected chi connectivity index (χ3v) is 7.34. The van der Waals surface area contributed by atoms with Crippen molar-refractivity contribution < 1.29 is 38.1 Å². The number of carbonyl (C=O) groups excluding carboxylic acids is 4. The largest absolute Gasteiger partial charge is 0.444 e. The Morgan fingerprint density at radius 2 is 0.630 bits per heavy atom. The number of carbonyl (C=O) groups is 4. The van der Waals surface area contributed by atoms with Crippen LogP contribution in [0.25, 0.3) is 0 Å². The van der Waals surface area contributed by atoms with Gasteiger partial charge in [0, 0.05) is 52.4 Å². The molecule has 0 bridgehead atoms. The maximum Gasteiger partial charge on any atom is 0.410 e. The molecule has 0 saturated heterocycles. The average Bonchev–Trinajstić information content (AvgIpc) is 2.99. The van der Waals surface area contributed by atoms with E-state index in [9.17, 15) is 19.2 Å². The van der Waals surface area contributed by atoms with Gasteiger partial charge >= 0.3 is 24.4 Å². The lowest BCUT2D eigenvalue weighted by Gasteiger charge is -2.29. The maximum absolute atomic E-state index is 13.1. The zero-order valence-corrected chi connectivity index (χ0v) is 35.9. The molecule has 0 saturated carbocycles. The van der Waals surface area contributed by atoms with Gasteiger partial charge < -0.3 is 38.5 Å². The molecule has 0 unspecified atom stereocenters. The summed E-state index contributed by atoms with van der Waals surface area (Å²) in [6.45, 7) is 32.6. The van der Waals surface area contributed by atoms with Crippen LogP contribution in [0.5, 0.6) is 0 Å². The molecule has 0 rings (SSSR count). The molecule has 310 valence electrons. The molecule has 0 N–H and O–H groups in total. The molecule has 0 radical (unpaired) electrons. The van der Waals surface area contributed by atoms with Crippen LogP contribution in [-0.2, 0) is 18.9 Å². The van der Waals surface area contributed by atoms with Gasteiger partial charge in [0.1, 0.15) is 22.4 Å². The van der Waals surface area contributed by atoms with E-state index in [0.29, 0.717) is 65.2 Å². The summed E-state index contributed by atoms with van der Waals surface area (Å²) in [4.78, 5) is 58.3. The molecule has 4 amide bonds. The van der Waals surface area contributed by atoms with Crippen molar-refractivity contribution in [2.45, 2.75) is 157 Å². The number of nitrogens with zero attached hydrogens (tertiary/aromatic N) is 4. The SMILES string of the molecule is C=C=CCN(CCCN(CCCCCCCCN(CCCN(CC=C=C)C(=O)OC(C)(C)C)C(=O)OC(C)(C)C)C(=O)OC(C)(C)C)C(=O)OC(C)(C)C. The minimum atomic E-state index is -0.625. The highest BCUT2D eigenvalue weighted by molar-refractivity contribution is 5.69. The molecular weight excluding hydrogens is 688 g/mol. The molecule has 0 spiro atoms. The Morgan fingerprint density at radius 1 is 0.407 bits per heavy atom. The van der Waals surface area contributed by atoms with Crippen LogP contribution in [0.3, 0.4) is 0 Å². The van der Waals surface area contributed by atoms with Gasteiger partial charge in [-0.15, -0.1) is 11.5 Å².